The molecule has 3 amide bonds. The van der Waals surface area contributed by atoms with Gasteiger partial charge in [-0.15, -0.1) is 5.53 Å². The van der Waals surface area contributed by atoms with E-state index in [0.717, 1.165) is 22.6 Å². The van der Waals surface area contributed by atoms with Gasteiger partial charge in [0.2, 0.25) is 11.8 Å². The number of carboxylic acids is 1. The molecule has 0 aliphatic carbocycles. The highest BCUT2D eigenvalue weighted by molar-refractivity contribution is 6.30. The molecule has 0 unspecified atom stereocenters. The molecule has 0 fully saturated rings. The van der Waals surface area contributed by atoms with E-state index in [4.69, 9.17) is 16.7 Å². The summed E-state index contributed by atoms with van der Waals surface area (Å²) < 4.78 is 14.8. The largest absolute Gasteiger partial charge is 0.480 e. The van der Waals surface area contributed by atoms with Gasteiger partial charge in [0.05, 0.1) is 11.3 Å². The van der Waals surface area contributed by atoms with E-state index in [2.05, 4.69) is 26.8 Å². The molecule has 1 aliphatic rings. The van der Waals surface area contributed by atoms with Crippen LogP contribution in [0.5, 0.6) is 0 Å². The van der Waals surface area contributed by atoms with Gasteiger partial charge in [-0.3, -0.25) is 19.2 Å². The lowest BCUT2D eigenvalue weighted by Crippen LogP contribution is -2.44. The molecule has 3 aromatic carbocycles. The molecule has 1 aliphatic heterocycles. The van der Waals surface area contributed by atoms with Gasteiger partial charge < -0.3 is 20.6 Å². The Morgan fingerprint density at radius 2 is 1.88 bits per heavy atom. The van der Waals surface area contributed by atoms with Crippen LogP contribution in [0, 0.1) is 5.82 Å². The molecule has 0 spiro atoms. The maximum absolute atomic E-state index is 14.8. The van der Waals surface area contributed by atoms with Gasteiger partial charge in [-0.25, -0.2) is 14.9 Å². The minimum Gasteiger partial charge on any atom is -0.480 e. The number of anilines is 2. The molecule has 0 aromatic heterocycles. The lowest BCUT2D eigenvalue weighted by atomic mass is 10.0. The van der Waals surface area contributed by atoms with Gasteiger partial charge in [0, 0.05) is 35.8 Å². The Kier molecular flexibility index (Phi) is 10.0. The summed E-state index contributed by atoms with van der Waals surface area (Å²) in [5, 5.41) is 20.0. The lowest BCUT2D eigenvalue weighted by molar-refractivity contribution is -0.137. The highest BCUT2D eigenvalue weighted by atomic mass is 35.5. The molecule has 43 heavy (non-hydrogen) atoms. The summed E-state index contributed by atoms with van der Waals surface area (Å²) in [5.74, 6) is -4.22. The molecule has 0 saturated carbocycles. The van der Waals surface area contributed by atoms with Crippen LogP contribution in [0.2, 0.25) is 5.02 Å². The van der Waals surface area contributed by atoms with E-state index in [9.17, 15) is 23.6 Å². The summed E-state index contributed by atoms with van der Waals surface area (Å²) in [4.78, 5) is 50.4. The Morgan fingerprint density at radius 3 is 2.56 bits per heavy atom. The Balaban J connectivity index is 1.50. The van der Waals surface area contributed by atoms with Gasteiger partial charge in [0.25, 0.3) is 5.91 Å². The van der Waals surface area contributed by atoms with Crippen molar-refractivity contribution in [2.45, 2.75) is 12.5 Å². The zero-order chi connectivity index (χ0) is 30.9. The molecule has 0 saturated heterocycles. The lowest BCUT2D eigenvalue weighted by Gasteiger charge is -2.19. The highest BCUT2D eigenvalue weighted by Gasteiger charge is 2.23. The van der Waals surface area contributed by atoms with Gasteiger partial charge in [-0.05, 0) is 48.0 Å². The smallest absolute Gasteiger partial charge is 0.323 e. The molecule has 12 nitrogen and oxygen atoms in total. The number of hydrazine groups is 2. The van der Waals surface area contributed by atoms with Crippen molar-refractivity contribution in [3.05, 3.63) is 100 Å². The maximum atomic E-state index is 14.8. The Morgan fingerprint density at radius 1 is 1.12 bits per heavy atom. The summed E-state index contributed by atoms with van der Waals surface area (Å²) in [6.07, 6.45) is 4.43. The number of carboxylic acid groups (broad SMARTS) is 1. The van der Waals surface area contributed by atoms with E-state index in [1.807, 2.05) is 6.07 Å². The van der Waals surface area contributed by atoms with E-state index in [1.165, 1.54) is 31.6 Å². The minimum atomic E-state index is -1.25. The van der Waals surface area contributed by atoms with Crippen LogP contribution in [-0.2, 0) is 20.8 Å². The van der Waals surface area contributed by atoms with Crippen molar-refractivity contribution in [1.29, 1.82) is 0 Å². The molecule has 0 bridgehead atoms. The second-order valence-electron chi connectivity index (χ2n) is 9.36. The third-order valence-corrected chi connectivity index (χ3v) is 6.41. The van der Waals surface area contributed by atoms with Crippen molar-refractivity contribution in [2.24, 2.45) is 5.10 Å². The summed E-state index contributed by atoms with van der Waals surface area (Å²) in [6.45, 7) is -0.606. The van der Waals surface area contributed by atoms with Gasteiger partial charge in [-0.2, -0.15) is 5.10 Å². The number of carbonyl (C=O) groups excluding carboxylic acids is 3. The molecule has 0 radical (unpaired) electrons. The molecule has 222 valence electrons. The van der Waals surface area contributed by atoms with Crippen LogP contribution in [-0.4, -0.2) is 59.7 Å². The van der Waals surface area contributed by atoms with E-state index in [0.29, 0.717) is 16.3 Å². The third kappa shape index (κ3) is 8.38. The summed E-state index contributed by atoms with van der Waals surface area (Å²) in [7, 11) is 1.23. The molecule has 3 aromatic rings. The van der Waals surface area contributed by atoms with E-state index < -0.39 is 42.1 Å². The van der Waals surface area contributed by atoms with Crippen molar-refractivity contribution in [3.63, 3.8) is 0 Å². The first-order chi connectivity index (χ1) is 20.6. The Hall–Kier alpha value is -5.27. The predicted molar refractivity (Wildman–Crippen MR) is 159 cm³/mol. The first-order valence-electron chi connectivity index (χ1n) is 12.8. The molecule has 5 N–H and O–H groups in total. The number of rotatable bonds is 11. The SMILES string of the molecule is CN(CC(=O)O)C(=O)c1ccc(NC(=O)[C@H](Cc2ccccc2)NC(=O)/C=C/c2cc(Cl)ccc2N2C=NNN2)cc1F. The Labute approximate surface area is 250 Å². The van der Waals surface area contributed by atoms with Crippen molar-refractivity contribution in [1.82, 2.24) is 21.3 Å². The average Bonchev–Trinajstić information content (AvgIpc) is 3.50. The first kappa shape index (κ1) is 30.7. The predicted octanol–water partition coefficient (Wildman–Crippen LogP) is 2.79. The molecular weight excluding hydrogens is 581 g/mol. The van der Waals surface area contributed by atoms with E-state index in [-0.39, 0.29) is 17.7 Å². The number of amides is 3. The minimum absolute atomic E-state index is 0.0414. The van der Waals surface area contributed by atoms with Crippen LogP contribution in [0.15, 0.2) is 77.9 Å². The van der Waals surface area contributed by atoms with Crippen LogP contribution in [0.3, 0.4) is 0 Å². The van der Waals surface area contributed by atoms with Crippen LogP contribution in [0.4, 0.5) is 15.8 Å². The number of hydrazone groups is 1. The number of hydrogen-bond donors (Lipinski definition) is 5. The van der Waals surface area contributed by atoms with Crippen molar-refractivity contribution in [2.75, 3.05) is 23.9 Å². The van der Waals surface area contributed by atoms with Crippen LogP contribution >= 0.6 is 11.6 Å². The zero-order valence-electron chi connectivity index (χ0n) is 22.8. The molecule has 1 atom stereocenters. The second kappa shape index (κ2) is 14.1. The van der Waals surface area contributed by atoms with E-state index in [1.54, 1.807) is 47.5 Å². The van der Waals surface area contributed by atoms with Crippen LogP contribution < -0.4 is 26.7 Å². The summed E-state index contributed by atoms with van der Waals surface area (Å²) in [6, 6.07) is 16.4. The highest BCUT2D eigenvalue weighted by Crippen LogP contribution is 2.25. The molecule has 1 heterocycles. The molecule has 4 rings (SSSR count). The van der Waals surface area contributed by atoms with E-state index >= 15 is 0 Å². The molecule has 14 heteroatoms. The average molecular weight is 608 g/mol. The number of halogens is 2. The fourth-order valence-electron chi connectivity index (χ4n) is 4.12. The van der Waals surface area contributed by atoms with Gasteiger partial charge in [0.15, 0.2) is 0 Å². The second-order valence-corrected chi connectivity index (χ2v) is 9.80. The monoisotopic (exact) mass is 607 g/mol. The van der Waals surface area contributed by atoms with Crippen LogP contribution in [0.25, 0.3) is 6.08 Å². The fraction of sp³-hybridized carbons (Fsp3) is 0.138. The number of aliphatic carboxylic acids is 1. The van der Waals surface area contributed by atoms with Gasteiger partial charge >= 0.3 is 5.97 Å². The standard InChI is InChI=1S/C29H27ClFN7O5/c1-37(16-27(40)41)29(43)22-10-9-21(15-23(22)31)33-28(42)24(13-18-5-3-2-4-6-18)34-26(39)12-7-19-14-20(30)8-11-25(19)38-17-32-35-36-38/h2-12,14-15,17,24,35-36H,13,16H2,1H3,(H,33,42)(H,34,39)(H,40,41)/b12-7+/t24-/m0/s1. The van der Waals surface area contributed by atoms with Crippen molar-refractivity contribution < 1.29 is 28.7 Å². The fourth-order valence-corrected chi connectivity index (χ4v) is 4.30. The number of likely N-dealkylation sites (N-methyl/N-ethyl adjacent to an activating group) is 1. The van der Waals surface area contributed by atoms with Crippen LogP contribution in [0.1, 0.15) is 21.5 Å². The number of carbonyl (C=O) groups is 4. The number of hydrogen-bond acceptors (Lipinski definition) is 8. The number of benzene rings is 3. The topological polar surface area (TPSA) is 155 Å². The maximum Gasteiger partial charge on any atom is 0.323 e. The third-order valence-electron chi connectivity index (χ3n) is 6.17. The summed E-state index contributed by atoms with van der Waals surface area (Å²) in [5.41, 5.74) is 7.09. The van der Waals surface area contributed by atoms with Gasteiger partial charge in [0.1, 0.15) is 24.7 Å². The van der Waals surface area contributed by atoms with Crippen molar-refractivity contribution >= 4 is 59.1 Å². The normalized spacial score (nSPS) is 13.0. The quantitative estimate of drug-likeness (QED) is 0.208. The number of nitrogens with zero attached hydrogens (tertiary/aromatic N) is 3. The number of nitrogens with one attached hydrogen (secondary N) is 4. The zero-order valence-corrected chi connectivity index (χ0v) is 23.5. The summed E-state index contributed by atoms with van der Waals surface area (Å²) >= 11 is 6.16. The van der Waals surface area contributed by atoms with Crippen molar-refractivity contribution in [3.8, 4) is 0 Å². The molecular formula is C29H27ClFN7O5. The van der Waals surface area contributed by atoms with Gasteiger partial charge in [-0.1, -0.05) is 41.9 Å². The Bertz CT molecular complexity index is 1580. The first-order valence-corrected chi connectivity index (χ1v) is 13.2.